The van der Waals surface area contributed by atoms with Crippen LogP contribution in [0.25, 0.3) is 0 Å². The van der Waals surface area contributed by atoms with Crippen LogP contribution in [0.1, 0.15) is 26.2 Å². The van der Waals surface area contributed by atoms with Crippen LogP contribution in [0.4, 0.5) is 0 Å². The molecule has 3 nitrogen and oxygen atoms in total. The molecular formula is C7H15O3P. The van der Waals surface area contributed by atoms with E-state index in [1.165, 1.54) is 0 Å². The topological polar surface area (TPSA) is 35.5 Å². The molecule has 0 radical (unpaired) electrons. The molecule has 1 aliphatic heterocycles. The molecule has 66 valence electrons. The first-order chi connectivity index (χ1) is 5.27. The van der Waals surface area contributed by atoms with Gasteiger partial charge in [0.05, 0.1) is 13.2 Å². The van der Waals surface area contributed by atoms with Crippen molar-refractivity contribution in [1.82, 2.24) is 0 Å². The zero-order chi connectivity index (χ0) is 8.16. The molecule has 0 amide bonds. The third-order valence-electron chi connectivity index (χ3n) is 1.61. The average Bonchev–Trinajstić information content (AvgIpc) is 2.15. The van der Waals surface area contributed by atoms with Crippen molar-refractivity contribution in [3.8, 4) is 0 Å². The third kappa shape index (κ3) is 2.94. The highest BCUT2D eigenvalue weighted by Gasteiger charge is 2.24. The first-order valence-electron chi connectivity index (χ1n) is 4.15. The van der Waals surface area contributed by atoms with E-state index in [-0.39, 0.29) is 0 Å². The fraction of sp³-hybridized carbons (Fsp3) is 1.00. The van der Waals surface area contributed by atoms with Gasteiger partial charge in [0.2, 0.25) is 0 Å². The molecule has 0 aromatic carbocycles. The van der Waals surface area contributed by atoms with E-state index in [4.69, 9.17) is 9.05 Å². The predicted octanol–water partition coefficient (Wildman–Crippen LogP) is 2.42. The fourth-order valence-corrected chi connectivity index (χ4v) is 2.75. The molecule has 0 atom stereocenters. The monoisotopic (exact) mass is 178 g/mol. The molecule has 0 saturated carbocycles. The summed E-state index contributed by atoms with van der Waals surface area (Å²) in [5.74, 6) is 0. The van der Waals surface area contributed by atoms with Crippen LogP contribution >= 0.6 is 7.60 Å². The Morgan fingerprint density at radius 3 is 2.27 bits per heavy atom. The number of rotatable bonds is 2. The van der Waals surface area contributed by atoms with Gasteiger partial charge < -0.3 is 9.05 Å². The number of hydrogen-bond acceptors (Lipinski definition) is 3. The Hall–Kier alpha value is 0.150. The maximum absolute atomic E-state index is 11.6. The summed E-state index contributed by atoms with van der Waals surface area (Å²) in [5.41, 5.74) is 0. The number of hydrogen-bond donors (Lipinski definition) is 0. The van der Waals surface area contributed by atoms with Crippen molar-refractivity contribution in [1.29, 1.82) is 0 Å². The van der Waals surface area contributed by atoms with Crippen LogP contribution in [0, 0.1) is 0 Å². The van der Waals surface area contributed by atoms with Crippen molar-refractivity contribution in [2.45, 2.75) is 26.2 Å². The van der Waals surface area contributed by atoms with E-state index in [9.17, 15) is 4.57 Å². The summed E-state index contributed by atoms with van der Waals surface area (Å²) in [6.07, 6.45) is 3.35. The summed E-state index contributed by atoms with van der Waals surface area (Å²) in [5, 5.41) is 0. The summed E-state index contributed by atoms with van der Waals surface area (Å²) in [6.45, 7) is 3.17. The van der Waals surface area contributed by atoms with Gasteiger partial charge in [0.25, 0.3) is 0 Å². The lowest BCUT2D eigenvalue weighted by Crippen LogP contribution is -1.96. The second-order valence-electron chi connectivity index (χ2n) is 2.71. The van der Waals surface area contributed by atoms with E-state index in [2.05, 4.69) is 0 Å². The zero-order valence-electron chi connectivity index (χ0n) is 6.91. The Bertz CT molecular complexity index is 146. The third-order valence-corrected chi connectivity index (χ3v) is 3.76. The summed E-state index contributed by atoms with van der Waals surface area (Å²) in [6, 6.07) is 0. The lowest BCUT2D eigenvalue weighted by atomic mass is 10.3. The highest BCUT2D eigenvalue weighted by atomic mass is 31.2. The van der Waals surface area contributed by atoms with Gasteiger partial charge >= 0.3 is 7.60 Å². The van der Waals surface area contributed by atoms with Crippen molar-refractivity contribution < 1.29 is 13.6 Å². The van der Waals surface area contributed by atoms with Crippen molar-refractivity contribution in [3.63, 3.8) is 0 Å². The molecule has 0 bridgehead atoms. The Balaban J connectivity index is 2.45. The summed E-state index contributed by atoms with van der Waals surface area (Å²) >= 11 is 0. The molecule has 0 unspecified atom stereocenters. The van der Waals surface area contributed by atoms with E-state index in [0.29, 0.717) is 19.4 Å². The quantitative estimate of drug-likeness (QED) is 0.609. The summed E-state index contributed by atoms with van der Waals surface area (Å²) in [7, 11) is -2.66. The van der Waals surface area contributed by atoms with E-state index in [1.807, 2.05) is 6.92 Å². The van der Waals surface area contributed by atoms with Crippen LogP contribution in [0.3, 0.4) is 0 Å². The molecule has 1 rings (SSSR count). The SMILES string of the molecule is CCCP1(=O)OCCCCO1. The maximum atomic E-state index is 11.6. The molecule has 0 spiro atoms. The Morgan fingerprint density at radius 1 is 1.27 bits per heavy atom. The normalized spacial score (nSPS) is 24.5. The smallest absolute Gasteiger partial charge is 0.309 e. The van der Waals surface area contributed by atoms with Crippen LogP contribution in [0.15, 0.2) is 0 Å². The zero-order valence-corrected chi connectivity index (χ0v) is 7.81. The molecular weight excluding hydrogens is 163 g/mol. The molecule has 0 N–H and O–H groups in total. The molecule has 0 aromatic heterocycles. The van der Waals surface area contributed by atoms with Crippen molar-refractivity contribution in [2.75, 3.05) is 19.4 Å². The molecule has 1 heterocycles. The minimum absolute atomic E-state index is 0.562. The highest BCUT2D eigenvalue weighted by Crippen LogP contribution is 2.49. The van der Waals surface area contributed by atoms with Gasteiger partial charge in [0.15, 0.2) is 0 Å². The van der Waals surface area contributed by atoms with Gasteiger partial charge in [-0.3, -0.25) is 4.57 Å². The first kappa shape index (κ1) is 9.24. The Kier molecular flexibility index (Phi) is 3.57. The van der Waals surface area contributed by atoms with Crippen molar-refractivity contribution >= 4 is 7.60 Å². The van der Waals surface area contributed by atoms with Crippen molar-refractivity contribution in [2.24, 2.45) is 0 Å². The summed E-state index contributed by atoms with van der Waals surface area (Å²) in [4.78, 5) is 0. The highest BCUT2D eigenvalue weighted by molar-refractivity contribution is 7.53. The van der Waals surface area contributed by atoms with E-state index >= 15 is 0 Å². The maximum Gasteiger partial charge on any atom is 0.330 e. The van der Waals surface area contributed by atoms with Gasteiger partial charge in [0.1, 0.15) is 0 Å². The molecule has 0 aromatic rings. The van der Waals surface area contributed by atoms with Crippen LogP contribution in [-0.2, 0) is 13.6 Å². The van der Waals surface area contributed by atoms with E-state index in [1.54, 1.807) is 0 Å². The molecule has 4 heteroatoms. The van der Waals surface area contributed by atoms with Crippen LogP contribution in [0.2, 0.25) is 0 Å². The minimum atomic E-state index is -2.66. The van der Waals surface area contributed by atoms with Crippen LogP contribution < -0.4 is 0 Å². The average molecular weight is 178 g/mol. The second-order valence-corrected chi connectivity index (χ2v) is 4.89. The minimum Gasteiger partial charge on any atom is -0.309 e. The van der Waals surface area contributed by atoms with Gasteiger partial charge in [-0.05, 0) is 19.3 Å². The lowest BCUT2D eigenvalue weighted by Gasteiger charge is -2.13. The first-order valence-corrected chi connectivity index (χ1v) is 5.88. The Morgan fingerprint density at radius 2 is 1.82 bits per heavy atom. The molecule has 1 saturated heterocycles. The van der Waals surface area contributed by atoms with E-state index < -0.39 is 7.60 Å². The predicted molar refractivity (Wildman–Crippen MR) is 43.9 cm³/mol. The summed E-state index contributed by atoms with van der Waals surface area (Å²) < 4.78 is 21.9. The van der Waals surface area contributed by atoms with Crippen molar-refractivity contribution in [3.05, 3.63) is 0 Å². The standard InChI is InChI=1S/C7H15O3P/c1-2-7-11(8)9-5-3-4-6-10-11/h2-7H2,1H3. The lowest BCUT2D eigenvalue weighted by molar-refractivity contribution is 0.239. The van der Waals surface area contributed by atoms with E-state index in [0.717, 1.165) is 19.3 Å². The van der Waals surface area contributed by atoms with Gasteiger partial charge in [-0.1, -0.05) is 6.92 Å². The van der Waals surface area contributed by atoms with Gasteiger partial charge in [-0.2, -0.15) is 0 Å². The molecule has 1 fully saturated rings. The molecule has 1 aliphatic rings. The molecule has 11 heavy (non-hydrogen) atoms. The van der Waals surface area contributed by atoms with Crippen LogP contribution in [0.5, 0.6) is 0 Å². The largest absolute Gasteiger partial charge is 0.330 e. The molecule has 0 aliphatic carbocycles. The van der Waals surface area contributed by atoms with Gasteiger partial charge in [0, 0.05) is 6.16 Å². The van der Waals surface area contributed by atoms with Gasteiger partial charge in [-0.25, -0.2) is 0 Å². The Labute approximate surface area is 67.6 Å². The second kappa shape index (κ2) is 4.24. The van der Waals surface area contributed by atoms with Crippen LogP contribution in [-0.4, -0.2) is 19.4 Å². The van der Waals surface area contributed by atoms with Gasteiger partial charge in [-0.15, -0.1) is 0 Å². The fourth-order valence-electron chi connectivity index (χ4n) is 1.05.